The highest BCUT2D eigenvalue weighted by atomic mass is 16.3. The van der Waals surface area contributed by atoms with Gasteiger partial charge in [0.1, 0.15) is 5.58 Å². The molecule has 0 amide bonds. The lowest BCUT2D eigenvalue weighted by Gasteiger charge is -2.41. The molecule has 1 N–H and O–H groups in total. The fourth-order valence-corrected chi connectivity index (χ4v) is 10.8. The topological polar surface area (TPSA) is 34.9 Å². The maximum Gasteiger partial charge on any atom is 0.159 e. The second-order valence-electron chi connectivity index (χ2n) is 17.7. The first kappa shape index (κ1) is 38.9. The predicted octanol–water partition coefficient (Wildman–Crippen LogP) is 18.7. The minimum absolute atomic E-state index is 0.889. The summed E-state index contributed by atoms with van der Waals surface area (Å²) < 4.78 is 6.62. The van der Waals surface area contributed by atoms with Crippen LogP contribution in [0.3, 0.4) is 0 Å². The van der Waals surface area contributed by atoms with Crippen molar-refractivity contribution in [2.45, 2.75) is 0 Å². The van der Waals surface area contributed by atoms with Crippen LogP contribution in [0.4, 0.5) is 62.6 Å². The van der Waals surface area contributed by atoms with Crippen LogP contribution in [0.1, 0.15) is 0 Å². The van der Waals surface area contributed by atoms with Crippen LogP contribution in [0, 0.1) is 0 Å². The summed E-state index contributed by atoms with van der Waals surface area (Å²) in [5.74, 6) is 0. The third-order valence-electron chi connectivity index (χ3n) is 13.9. The summed E-state index contributed by atoms with van der Waals surface area (Å²) >= 11 is 0. The van der Waals surface area contributed by atoms with Crippen LogP contribution < -0.4 is 20.0 Å². The molecule has 1 aromatic heterocycles. The van der Waals surface area contributed by atoms with Gasteiger partial charge >= 0.3 is 0 Å². The number of para-hydroxylation sites is 4. The van der Waals surface area contributed by atoms with Gasteiger partial charge in [0.25, 0.3) is 0 Å². The number of furan rings is 1. The molecule has 5 nitrogen and oxygen atoms in total. The normalized spacial score (nSPS) is 12.7. The number of nitrogens with one attached hydrogen (secondary N) is 1. The molecule has 0 bridgehead atoms. The highest BCUT2D eigenvalue weighted by Gasteiger charge is 2.35. The minimum Gasteiger partial charge on any atom is -0.454 e. The van der Waals surface area contributed by atoms with E-state index in [1.807, 2.05) is 6.07 Å². The van der Waals surface area contributed by atoms with Gasteiger partial charge < -0.3 is 24.4 Å². The highest BCUT2D eigenvalue weighted by molar-refractivity contribution is 6.20. The molecule has 15 rings (SSSR count). The van der Waals surface area contributed by atoms with Crippen molar-refractivity contribution >= 4 is 128 Å². The second kappa shape index (κ2) is 15.7. The van der Waals surface area contributed by atoms with Crippen molar-refractivity contribution in [3.8, 4) is 0 Å². The average Bonchev–Trinajstić information content (AvgIpc) is 3.81. The van der Waals surface area contributed by atoms with E-state index < -0.39 is 0 Å². The summed E-state index contributed by atoms with van der Waals surface area (Å²) in [6.45, 7) is 0. The SMILES string of the molecule is c1ccc(N2c3ccc4ccccc4c3N(c3cccc4c3oc3ccccc34)c3ccc4ccccc4c32)cc1.c1ccc(N2c3ccc4ccccc4c3Nc3ccc4ccccc4c32)cc1. The molecule has 0 atom stereocenters. The predicted molar refractivity (Wildman–Crippen MR) is 291 cm³/mol. The smallest absolute Gasteiger partial charge is 0.159 e. The summed E-state index contributed by atoms with van der Waals surface area (Å²) in [7, 11) is 0. The Balaban J connectivity index is 0.000000140. The van der Waals surface area contributed by atoms with Crippen LogP contribution in [0.15, 0.2) is 253 Å². The van der Waals surface area contributed by atoms with Crippen molar-refractivity contribution < 1.29 is 4.42 Å². The molecule has 5 heteroatoms. The van der Waals surface area contributed by atoms with Gasteiger partial charge in [0.15, 0.2) is 5.58 Å². The Hall–Kier alpha value is -9.32. The molecule has 69 heavy (non-hydrogen) atoms. The summed E-state index contributed by atoms with van der Waals surface area (Å²) in [6.07, 6.45) is 0. The fourth-order valence-electron chi connectivity index (χ4n) is 10.8. The van der Waals surface area contributed by atoms with Crippen molar-refractivity contribution in [3.63, 3.8) is 0 Å². The van der Waals surface area contributed by atoms with Crippen molar-refractivity contribution in [3.05, 3.63) is 249 Å². The van der Waals surface area contributed by atoms with E-state index in [-0.39, 0.29) is 0 Å². The molecule has 2 aliphatic heterocycles. The van der Waals surface area contributed by atoms with Crippen molar-refractivity contribution in [1.29, 1.82) is 0 Å². The maximum atomic E-state index is 6.62. The lowest BCUT2D eigenvalue weighted by atomic mass is 9.96. The number of nitrogens with zero attached hydrogens (tertiary/aromatic N) is 3. The van der Waals surface area contributed by atoms with Gasteiger partial charge in [-0.1, -0.05) is 188 Å². The Bertz CT molecular complexity index is 4140. The van der Waals surface area contributed by atoms with Gasteiger partial charge in [-0.2, -0.15) is 0 Å². The van der Waals surface area contributed by atoms with Crippen LogP contribution in [0.25, 0.3) is 65.0 Å². The molecule has 324 valence electrons. The van der Waals surface area contributed by atoms with Gasteiger partial charge in [0, 0.05) is 43.7 Å². The van der Waals surface area contributed by atoms with Crippen molar-refractivity contribution in [2.75, 3.05) is 20.0 Å². The van der Waals surface area contributed by atoms with E-state index >= 15 is 0 Å². The molecular weight excluding hydrogens is 841 g/mol. The minimum atomic E-state index is 0.889. The van der Waals surface area contributed by atoms with Crippen LogP contribution in [-0.2, 0) is 0 Å². The van der Waals surface area contributed by atoms with Gasteiger partial charge in [-0.3, -0.25) is 0 Å². The first-order valence-corrected chi connectivity index (χ1v) is 23.5. The molecule has 12 aromatic carbocycles. The first-order valence-electron chi connectivity index (χ1n) is 23.5. The van der Waals surface area contributed by atoms with Crippen LogP contribution in [-0.4, -0.2) is 0 Å². The molecule has 0 saturated heterocycles. The molecule has 0 saturated carbocycles. The maximum absolute atomic E-state index is 6.62. The van der Waals surface area contributed by atoms with Gasteiger partial charge in [0.2, 0.25) is 0 Å². The number of anilines is 11. The van der Waals surface area contributed by atoms with Gasteiger partial charge in [-0.25, -0.2) is 0 Å². The third kappa shape index (κ3) is 6.11. The summed E-state index contributed by atoms with van der Waals surface area (Å²) in [6, 6.07) is 88.4. The van der Waals surface area contributed by atoms with E-state index in [1.165, 1.54) is 54.5 Å². The van der Waals surface area contributed by atoms with Crippen LogP contribution >= 0.6 is 0 Å². The largest absolute Gasteiger partial charge is 0.454 e. The van der Waals surface area contributed by atoms with Crippen molar-refractivity contribution in [2.24, 2.45) is 0 Å². The van der Waals surface area contributed by atoms with Crippen LogP contribution in [0.2, 0.25) is 0 Å². The van der Waals surface area contributed by atoms with Gasteiger partial charge in [0.05, 0.1) is 51.2 Å². The zero-order chi connectivity index (χ0) is 45.4. The Morgan fingerprint density at radius 3 is 1.33 bits per heavy atom. The lowest BCUT2D eigenvalue weighted by Crippen LogP contribution is -2.24. The highest BCUT2D eigenvalue weighted by Crippen LogP contribution is 2.59. The van der Waals surface area contributed by atoms with E-state index in [2.05, 4.69) is 263 Å². The molecule has 0 radical (unpaired) electrons. The number of hydrogen-bond acceptors (Lipinski definition) is 5. The molecule has 0 aliphatic carbocycles. The number of fused-ring (bicyclic) bond motifs is 15. The molecule has 13 aromatic rings. The van der Waals surface area contributed by atoms with E-state index in [0.717, 1.165) is 73.1 Å². The fraction of sp³-hybridized carbons (Fsp3) is 0. The van der Waals surface area contributed by atoms with E-state index in [1.54, 1.807) is 0 Å². The number of rotatable bonds is 3. The lowest BCUT2D eigenvalue weighted by molar-refractivity contribution is 0.669. The molecule has 0 unspecified atom stereocenters. The summed E-state index contributed by atoms with van der Waals surface area (Å²) in [4.78, 5) is 7.23. The Kier molecular flexibility index (Phi) is 8.83. The standard InChI is InChI=1S/C38H24N2O.C26H18N2/c1-2-13-27(14-3-1)39-32-23-21-26-12-5-7-16-29(26)37(32)40(33-24-22-25-11-4-6-15-28(25)36(33)39)34-19-10-18-31-30-17-8-9-20-35(30)41-38(31)34;1-2-10-20(11-3-1)28-24-17-15-18-8-4-6-12-21(18)25(24)27-23-16-14-19-9-5-7-13-22(19)26(23)28/h1-24H;1-17,27H. The van der Waals surface area contributed by atoms with Crippen molar-refractivity contribution in [1.82, 2.24) is 0 Å². The summed E-state index contributed by atoms with van der Waals surface area (Å²) in [5, 5.41) is 15.7. The van der Waals surface area contributed by atoms with Gasteiger partial charge in [-0.05, 0) is 82.2 Å². The molecule has 0 spiro atoms. The third-order valence-corrected chi connectivity index (χ3v) is 13.9. The van der Waals surface area contributed by atoms with Gasteiger partial charge in [-0.15, -0.1) is 0 Å². The zero-order valence-corrected chi connectivity index (χ0v) is 37.4. The summed E-state index contributed by atoms with van der Waals surface area (Å²) in [5.41, 5.74) is 14.3. The van der Waals surface area contributed by atoms with Crippen LogP contribution in [0.5, 0.6) is 0 Å². The quantitative estimate of drug-likeness (QED) is 0.191. The Morgan fingerprint density at radius 2 is 0.710 bits per heavy atom. The number of benzene rings is 12. The Labute approximate surface area is 398 Å². The van der Waals surface area contributed by atoms with E-state index in [4.69, 9.17) is 4.42 Å². The molecule has 0 fully saturated rings. The first-order chi connectivity index (χ1) is 34.3. The Morgan fingerprint density at radius 1 is 0.275 bits per heavy atom. The molecular formula is C64H42N4O. The average molecular weight is 883 g/mol. The monoisotopic (exact) mass is 882 g/mol. The number of hydrogen-bond donors (Lipinski definition) is 1. The molecule has 3 heterocycles. The van der Waals surface area contributed by atoms with E-state index in [0.29, 0.717) is 0 Å². The second-order valence-corrected chi connectivity index (χ2v) is 17.7. The zero-order valence-electron chi connectivity index (χ0n) is 37.4. The van der Waals surface area contributed by atoms with E-state index in [9.17, 15) is 0 Å². The molecule has 2 aliphatic rings.